The largest absolute Gasteiger partial charge is 0.460 e. The van der Waals surface area contributed by atoms with Gasteiger partial charge in [-0.3, -0.25) is 4.79 Å². The molecule has 1 aliphatic heterocycles. The molecule has 0 N–H and O–H groups in total. The second-order valence-corrected chi connectivity index (χ2v) is 7.93. The number of amides is 1. The molecule has 0 radical (unpaired) electrons. The minimum absolute atomic E-state index is 0.143. The van der Waals surface area contributed by atoms with Gasteiger partial charge in [-0.15, -0.1) is 0 Å². The van der Waals surface area contributed by atoms with Gasteiger partial charge in [0.15, 0.2) is 0 Å². The van der Waals surface area contributed by atoms with Crippen LogP contribution in [0.15, 0.2) is 0 Å². The highest BCUT2D eigenvalue weighted by molar-refractivity contribution is 5.73. The number of halogens is 2. The predicted octanol–water partition coefficient (Wildman–Crippen LogP) is 3.75. The normalized spacial score (nSPS) is 21.7. The highest BCUT2D eigenvalue weighted by atomic mass is 19.3. The standard InChI is InChI=1S/C16H27F2NO4/c1-14(2,3)22-12(20)9-11-10-16(17,18)7-8-19(11)13(21)23-15(4,5)6/h11H,7-10H2,1-6H3/t11-/m1/s1. The smallest absolute Gasteiger partial charge is 0.410 e. The molecule has 1 saturated heterocycles. The maximum Gasteiger partial charge on any atom is 0.410 e. The minimum Gasteiger partial charge on any atom is -0.460 e. The predicted molar refractivity (Wildman–Crippen MR) is 81.4 cm³/mol. The maximum atomic E-state index is 13.7. The molecule has 0 aromatic carbocycles. The molecular formula is C16H27F2NO4. The van der Waals surface area contributed by atoms with E-state index in [4.69, 9.17) is 9.47 Å². The molecule has 1 heterocycles. The number of likely N-dealkylation sites (tertiary alicyclic amines) is 1. The molecule has 1 fully saturated rings. The van der Waals surface area contributed by atoms with Crippen molar-refractivity contribution < 1.29 is 27.8 Å². The fraction of sp³-hybridized carbons (Fsp3) is 0.875. The summed E-state index contributed by atoms with van der Waals surface area (Å²) in [6.45, 7) is 10.1. The summed E-state index contributed by atoms with van der Waals surface area (Å²) in [6.07, 6.45) is -1.95. The Morgan fingerprint density at radius 3 is 2.09 bits per heavy atom. The van der Waals surface area contributed by atoms with Gasteiger partial charge in [-0.1, -0.05) is 0 Å². The Labute approximate surface area is 136 Å². The van der Waals surface area contributed by atoms with E-state index in [0.29, 0.717) is 0 Å². The molecule has 0 spiro atoms. The zero-order chi connectivity index (χ0) is 18.1. The molecule has 1 amide bonds. The molecule has 23 heavy (non-hydrogen) atoms. The molecule has 134 valence electrons. The van der Waals surface area contributed by atoms with E-state index in [0.717, 1.165) is 0 Å². The number of rotatable bonds is 2. The van der Waals surface area contributed by atoms with Crippen LogP contribution in [-0.4, -0.2) is 46.7 Å². The molecule has 7 heteroatoms. The van der Waals surface area contributed by atoms with E-state index >= 15 is 0 Å². The Hall–Kier alpha value is -1.40. The number of hydrogen-bond donors (Lipinski definition) is 0. The van der Waals surface area contributed by atoms with Crippen LogP contribution in [0.1, 0.15) is 60.8 Å². The quantitative estimate of drug-likeness (QED) is 0.721. The first-order valence-corrected chi connectivity index (χ1v) is 7.78. The summed E-state index contributed by atoms with van der Waals surface area (Å²) in [5, 5.41) is 0. The first-order chi connectivity index (χ1) is 10.2. The Bertz CT molecular complexity index is 452. The molecule has 0 aromatic rings. The first kappa shape index (κ1) is 19.6. The minimum atomic E-state index is -2.90. The van der Waals surface area contributed by atoms with Crippen LogP contribution in [0.5, 0.6) is 0 Å². The number of ether oxygens (including phenoxy) is 2. The van der Waals surface area contributed by atoms with E-state index in [2.05, 4.69) is 0 Å². The number of carbonyl (C=O) groups excluding carboxylic acids is 2. The fourth-order valence-corrected chi connectivity index (χ4v) is 2.34. The van der Waals surface area contributed by atoms with Crippen molar-refractivity contribution in [2.75, 3.05) is 6.54 Å². The Morgan fingerprint density at radius 2 is 1.61 bits per heavy atom. The molecule has 0 bridgehead atoms. The monoisotopic (exact) mass is 335 g/mol. The Morgan fingerprint density at radius 1 is 1.09 bits per heavy atom. The highest BCUT2D eigenvalue weighted by Gasteiger charge is 2.44. The molecule has 5 nitrogen and oxygen atoms in total. The number of hydrogen-bond acceptors (Lipinski definition) is 4. The van der Waals surface area contributed by atoms with Crippen LogP contribution < -0.4 is 0 Å². The lowest BCUT2D eigenvalue weighted by atomic mass is 9.96. The van der Waals surface area contributed by atoms with Gasteiger partial charge in [-0.25, -0.2) is 13.6 Å². The van der Waals surface area contributed by atoms with Crippen LogP contribution >= 0.6 is 0 Å². The lowest BCUT2D eigenvalue weighted by Crippen LogP contribution is -2.52. The third-order valence-electron chi connectivity index (χ3n) is 3.14. The van der Waals surface area contributed by atoms with Crippen molar-refractivity contribution in [1.29, 1.82) is 0 Å². The average Bonchev–Trinajstić information content (AvgIpc) is 2.21. The van der Waals surface area contributed by atoms with E-state index in [1.165, 1.54) is 4.90 Å². The summed E-state index contributed by atoms with van der Waals surface area (Å²) in [4.78, 5) is 25.4. The SMILES string of the molecule is CC(C)(C)OC(=O)C[C@@H]1CC(F)(F)CCN1C(=O)OC(C)(C)C. The van der Waals surface area contributed by atoms with Crippen LogP contribution in [0.2, 0.25) is 0 Å². The van der Waals surface area contributed by atoms with E-state index < -0.39 is 48.1 Å². The second-order valence-electron chi connectivity index (χ2n) is 7.93. The van der Waals surface area contributed by atoms with Gasteiger partial charge >= 0.3 is 12.1 Å². The molecule has 1 rings (SSSR count). The van der Waals surface area contributed by atoms with Gasteiger partial charge in [0.25, 0.3) is 5.92 Å². The van der Waals surface area contributed by atoms with Crippen LogP contribution in [-0.2, 0) is 14.3 Å². The number of piperidine rings is 1. The summed E-state index contributed by atoms with van der Waals surface area (Å²) in [6, 6.07) is -0.927. The van der Waals surface area contributed by atoms with Crippen molar-refractivity contribution in [3.63, 3.8) is 0 Å². The number of nitrogens with zero attached hydrogens (tertiary/aromatic N) is 1. The van der Waals surface area contributed by atoms with Gasteiger partial charge in [0.2, 0.25) is 0 Å². The van der Waals surface area contributed by atoms with Crippen molar-refractivity contribution in [1.82, 2.24) is 4.90 Å². The van der Waals surface area contributed by atoms with Crippen LogP contribution in [0.25, 0.3) is 0 Å². The molecule has 1 atom stereocenters. The van der Waals surface area contributed by atoms with E-state index in [-0.39, 0.29) is 13.0 Å². The van der Waals surface area contributed by atoms with Gasteiger partial charge in [-0.2, -0.15) is 0 Å². The molecule has 0 aliphatic carbocycles. The molecule has 1 aliphatic rings. The maximum absolute atomic E-state index is 13.7. The summed E-state index contributed by atoms with van der Waals surface area (Å²) in [7, 11) is 0. The third kappa shape index (κ3) is 7.14. The van der Waals surface area contributed by atoms with E-state index in [9.17, 15) is 18.4 Å². The van der Waals surface area contributed by atoms with Crippen LogP contribution in [0.3, 0.4) is 0 Å². The Kier molecular flexibility index (Phi) is 5.65. The molecule has 0 aromatic heterocycles. The lowest BCUT2D eigenvalue weighted by molar-refractivity contribution is -0.158. The van der Waals surface area contributed by atoms with Gasteiger partial charge in [0, 0.05) is 19.4 Å². The molecular weight excluding hydrogens is 308 g/mol. The third-order valence-corrected chi connectivity index (χ3v) is 3.14. The van der Waals surface area contributed by atoms with Crippen molar-refractivity contribution in [2.24, 2.45) is 0 Å². The van der Waals surface area contributed by atoms with Crippen molar-refractivity contribution >= 4 is 12.1 Å². The van der Waals surface area contributed by atoms with E-state index in [1.54, 1.807) is 41.5 Å². The number of esters is 1. The summed E-state index contributed by atoms with van der Waals surface area (Å²) in [5.74, 6) is -3.50. The van der Waals surface area contributed by atoms with Gasteiger partial charge in [-0.05, 0) is 41.5 Å². The topological polar surface area (TPSA) is 55.8 Å². The van der Waals surface area contributed by atoms with Crippen molar-refractivity contribution in [2.45, 2.75) is 84.0 Å². The van der Waals surface area contributed by atoms with Gasteiger partial charge in [0.05, 0.1) is 12.5 Å². The van der Waals surface area contributed by atoms with Crippen LogP contribution in [0, 0.1) is 0 Å². The van der Waals surface area contributed by atoms with Gasteiger partial charge < -0.3 is 14.4 Å². The average molecular weight is 335 g/mol. The number of alkyl halides is 2. The second kappa shape index (κ2) is 6.61. The van der Waals surface area contributed by atoms with E-state index in [1.807, 2.05) is 0 Å². The fourth-order valence-electron chi connectivity index (χ4n) is 2.34. The Balaban J connectivity index is 2.82. The highest BCUT2D eigenvalue weighted by Crippen LogP contribution is 2.34. The van der Waals surface area contributed by atoms with Crippen LogP contribution in [0.4, 0.5) is 13.6 Å². The summed E-state index contributed by atoms with van der Waals surface area (Å²) in [5.41, 5.74) is -1.43. The zero-order valence-corrected chi connectivity index (χ0v) is 14.7. The number of carbonyl (C=O) groups is 2. The molecule has 0 unspecified atom stereocenters. The van der Waals surface area contributed by atoms with Gasteiger partial charge in [0.1, 0.15) is 11.2 Å². The lowest BCUT2D eigenvalue weighted by Gasteiger charge is -2.39. The van der Waals surface area contributed by atoms with Crippen molar-refractivity contribution in [3.8, 4) is 0 Å². The first-order valence-electron chi connectivity index (χ1n) is 7.78. The summed E-state index contributed by atoms with van der Waals surface area (Å²) >= 11 is 0. The molecule has 0 saturated carbocycles. The summed E-state index contributed by atoms with van der Waals surface area (Å²) < 4.78 is 37.8. The zero-order valence-electron chi connectivity index (χ0n) is 14.7. The van der Waals surface area contributed by atoms with Crippen molar-refractivity contribution in [3.05, 3.63) is 0 Å².